The fraction of sp³-hybridized carbons (Fsp3) is 0.923. The maximum absolute atomic E-state index is 12.3. The van der Waals surface area contributed by atoms with E-state index in [1.54, 1.807) is 0 Å². The van der Waals surface area contributed by atoms with Crippen LogP contribution in [0.4, 0.5) is 0 Å². The second-order valence-electron chi connectivity index (χ2n) is 5.71. The van der Waals surface area contributed by atoms with Crippen LogP contribution in [0.15, 0.2) is 0 Å². The monoisotopic (exact) mass is 305 g/mol. The highest BCUT2D eigenvalue weighted by molar-refractivity contribution is 7.99. The van der Waals surface area contributed by atoms with Crippen LogP contribution in [0, 0.1) is 5.92 Å². The standard InChI is InChI=1S/C13H23NO3S2/c1-19(16,17)12-4-2-3-10(7-12)13(15)8-11-9-18-6-5-14-11/h10-12,14H,2-9H2,1H3. The van der Waals surface area contributed by atoms with Gasteiger partial charge in [-0.3, -0.25) is 4.79 Å². The summed E-state index contributed by atoms with van der Waals surface area (Å²) in [7, 11) is -3.00. The lowest BCUT2D eigenvalue weighted by molar-refractivity contribution is -0.124. The predicted molar refractivity (Wildman–Crippen MR) is 79.3 cm³/mol. The number of ketones is 1. The van der Waals surface area contributed by atoms with Gasteiger partial charge < -0.3 is 5.32 Å². The smallest absolute Gasteiger partial charge is 0.150 e. The lowest BCUT2D eigenvalue weighted by Crippen LogP contribution is -2.41. The molecule has 110 valence electrons. The Morgan fingerprint density at radius 3 is 2.79 bits per heavy atom. The quantitative estimate of drug-likeness (QED) is 0.847. The van der Waals surface area contributed by atoms with E-state index < -0.39 is 9.84 Å². The van der Waals surface area contributed by atoms with Crippen LogP contribution >= 0.6 is 11.8 Å². The van der Waals surface area contributed by atoms with Crippen LogP contribution in [-0.2, 0) is 14.6 Å². The molecule has 0 amide bonds. The van der Waals surface area contributed by atoms with Crippen molar-refractivity contribution in [1.82, 2.24) is 5.32 Å². The van der Waals surface area contributed by atoms with Crippen molar-refractivity contribution in [1.29, 1.82) is 0 Å². The lowest BCUT2D eigenvalue weighted by atomic mass is 9.84. The van der Waals surface area contributed by atoms with Gasteiger partial charge in [0.1, 0.15) is 15.6 Å². The summed E-state index contributed by atoms with van der Waals surface area (Å²) < 4.78 is 23.2. The Labute approximate surface area is 120 Å². The zero-order valence-electron chi connectivity index (χ0n) is 11.4. The van der Waals surface area contributed by atoms with Crippen molar-refractivity contribution in [2.45, 2.75) is 43.4 Å². The summed E-state index contributed by atoms with van der Waals surface area (Å²) in [6, 6.07) is 0.282. The van der Waals surface area contributed by atoms with Gasteiger partial charge in [-0.15, -0.1) is 0 Å². The Morgan fingerprint density at radius 1 is 1.37 bits per heavy atom. The molecule has 19 heavy (non-hydrogen) atoms. The van der Waals surface area contributed by atoms with Crippen molar-refractivity contribution in [2.24, 2.45) is 5.92 Å². The zero-order chi connectivity index (χ0) is 13.9. The first-order valence-corrected chi connectivity index (χ1v) is 10.1. The van der Waals surface area contributed by atoms with Crippen molar-refractivity contribution in [3.63, 3.8) is 0 Å². The molecule has 1 N–H and O–H groups in total. The van der Waals surface area contributed by atoms with E-state index in [0.717, 1.165) is 37.3 Å². The molecule has 1 saturated heterocycles. The first-order chi connectivity index (χ1) is 8.97. The number of thioether (sulfide) groups is 1. The van der Waals surface area contributed by atoms with E-state index >= 15 is 0 Å². The third-order valence-corrected chi connectivity index (χ3v) is 6.90. The first kappa shape index (κ1) is 15.3. The number of carbonyl (C=O) groups is 1. The first-order valence-electron chi connectivity index (χ1n) is 6.99. The third kappa shape index (κ3) is 4.46. The Hall–Kier alpha value is -0.0700. The molecule has 2 fully saturated rings. The topological polar surface area (TPSA) is 63.2 Å². The van der Waals surface area contributed by atoms with Gasteiger partial charge in [0.05, 0.1) is 5.25 Å². The molecule has 3 unspecified atom stereocenters. The number of rotatable bonds is 4. The molecular formula is C13H23NO3S2. The molecule has 0 radical (unpaired) electrons. The number of Topliss-reactive ketones (excluding diaryl/α,β-unsaturated/α-hetero) is 1. The zero-order valence-corrected chi connectivity index (χ0v) is 13.1. The summed E-state index contributed by atoms with van der Waals surface area (Å²) >= 11 is 1.89. The normalized spacial score (nSPS) is 33.0. The van der Waals surface area contributed by atoms with Crippen molar-refractivity contribution in [3.05, 3.63) is 0 Å². The van der Waals surface area contributed by atoms with Gasteiger partial charge in [0.25, 0.3) is 0 Å². The van der Waals surface area contributed by atoms with Gasteiger partial charge in [-0.1, -0.05) is 6.42 Å². The molecule has 0 aromatic rings. The minimum absolute atomic E-state index is 0.0396. The molecule has 2 aliphatic rings. The van der Waals surface area contributed by atoms with Gasteiger partial charge in [0.15, 0.2) is 0 Å². The number of hydrogen-bond acceptors (Lipinski definition) is 5. The Kier molecular flexibility index (Phi) is 5.31. The molecule has 0 bridgehead atoms. The van der Waals surface area contributed by atoms with E-state index in [9.17, 15) is 13.2 Å². The maximum Gasteiger partial charge on any atom is 0.150 e. The molecule has 0 aromatic carbocycles. The molecule has 3 atom stereocenters. The fourth-order valence-corrected chi connectivity index (χ4v) is 5.11. The number of carbonyl (C=O) groups excluding carboxylic acids is 1. The lowest BCUT2D eigenvalue weighted by Gasteiger charge is -2.29. The van der Waals surface area contributed by atoms with E-state index in [4.69, 9.17) is 0 Å². The number of sulfone groups is 1. The SMILES string of the molecule is CS(=O)(=O)C1CCCC(C(=O)CC2CSCCN2)C1. The molecule has 2 rings (SSSR count). The number of hydrogen-bond donors (Lipinski definition) is 1. The Balaban J connectivity index is 1.88. The molecular weight excluding hydrogens is 282 g/mol. The van der Waals surface area contributed by atoms with Crippen LogP contribution in [0.1, 0.15) is 32.1 Å². The van der Waals surface area contributed by atoms with Gasteiger partial charge in [-0.25, -0.2) is 8.42 Å². The minimum Gasteiger partial charge on any atom is -0.312 e. The van der Waals surface area contributed by atoms with E-state index in [-0.39, 0.29) is 23.0 Å². The van der Waals surface area contributed by atoms with Crippen LogP contribution in [0.3, 0.4) is 0 Å². The molecule has 1 saturated carbocycles. The van der Waals surface area contributed by atoms with Gasteiger partial charge >= 0.3 is 0 Å². The highest BCUT2D eigenvalue weighted by Gasteiger charge is 2.33. The highest BCUT2D eigenvalue weighted by Crippen LogP contribution is 2.30. The molecule has 1 aliphatic heterocycles. The second kappa shape index (κ2) is 6.59. The summed E-state index contributed by atoms with van der Waals surface area (Å²) in [6.45, 7) is 0.971. The summed E-state index contributed by atoms with van der Waals surface area (Å²) in [5.74, 6) is 2.33. The van der Waals surface area contributed by atoms with Crippen molar-refractivity contribution in [3.8, 4) is 0 Å². The van der Waals surface area contributed by atoms with E-state index in [0.29, 0.717) is 12.8 Å². The van der Waals surface area contributed by atoms with Crippen LogP contribution < -0.4 is 5.32 Å². The average Bonchev–Trinajstić information content (AvgIpc) is 2.39. The molecule has 0 aromatic heterocycles. The summed E-state index contributed by atoms with van der Waals surface area (Å²) in [5, 5.41) is 3.07. The van der Waals surface area contributed by atoms with Gasteiger partial charge in [-0.05, 0) is 19.3 Å². The minimum atomic E-state index is -3.00. The average molecular weight is 305 g/mol. The van der Waals surface area contributed by atoms with E-state index in [1.807, 2.05) is 11.8 Å². The molecule has 0 spiro atoms. The highest BCUT2D eigenvalue weighted by atomic mass is 32.2. The molecule has 1 heterocycles. The van der Waals surface area contributed by atoms with Crippen LogP contribution in [0.25, 0.3) is 0 Å². The van der Waals surface area contributed by atoms with Crippen LogP contribution in [0.5, 0.6) is 0 Å². The van der Waals surface area contributed by atoms with Crippen LogP contribution in [0.2, 0.25) is 0 Å². The van der Waals surface area contributed by atoms with Gasteiger partial charge in [-0.2, -0.15) is 11.8 Å². The summed E-state index contributed by atoms with van der Waals surface area (Å²) in [6.07, 6.45) is 4.85. The molecule has 6 heteroatoms. The van der Waals surface area contributed by atoms with Crippen molar-refractivity contribution >= 4 is 27.4 Å². The van der Waals surface area contributed by atoms with Gasteiger partial charge in [0.2, 0.25) is 0 Å². The summed E-state index contributed by atoms with van der Waals surface area (Å²) in [5.41, 5.74) is 0. The maximum atomic E-state index is 12.3. The van der Waals surface area contributed by atoms with Crippen molar-refractivity contribution in [2.75, 3.05) is 24.3 Å². The molecule has 1 aliphatic carbocycles. The fourth-order valence-electron chi connectivity index (χ4n) is 2.99. The van der Waals surface area contributed by atoms with E-state index in [1.165, 1.54) is 6.26 Å². The predicted octanol–water partition coefficient (Wildman–Crippen LogP) is 1.25. The van der Waals surface area contributed by atoms with E-state index in [2.05, 4.69) is 5.32 Å². The van der Waals surface area contributed by atoms with Crippen molar-refractivity contribution < 1.29 is 13.2 Å². The largest absolute Gasteiger partial charge is 0.312 e. The molecule has 4 nitrogen and oxygen atoms in total. The Bertz CT molecular complexity index is 416. The summed E-state index contributed by atoms with van der Waals surface area (Å²) in [4.78, 5) is 12.3. The van der Waals surface area contributed by atoms with Gasteiger partial charge in [0, 0.05) is 42.7 Å². The Morgan fingerprint density at radius 2 is 2.16 bits per heavy atom. The second-order valence-corrected chi connectivity index (χ2v) is 9.19. The number of nitrogens with one attached hydrogen (secondary N) is 1. The third-order valence-electron chi connectivity index (χ3n) is 4.13. The van der Waals surface area contributed by atoms with Crippen LogP contribution in [-0.4, -0.2) is 49.8 Å².